The second kappa shape index (κ2) is 5.52. The van der Waals surface area contributed by atoms with Gasteiger partial charge in [-0.05, 0) is 42.5 Å². The highest BCUT2D eigenvalue weighted by Gasteiger charge is 2.29. The normalized spacial score (nSPS) is 14.3. The first kappa shape index (κ1) is 14.8. The third-order valence-electron chi connectivity index (χ3n) is 4.83. The predicted octanol–water partition coefficient (Wildman–Crippen LogP) is 4.33. The second-order valence-corrected chi connectivity index (χ2v) is 7.35. The van der Waals surface area contributed by atoms with Gasteiger partial charge in [0.25, 0.3) is 0 Å². The van der Waals surface area contributed by atoms with Crippen molar-refractivity contribution < 1.29 is 14.2 Å². The van der Waals surface area contributed by atoms with Gasteiger partial charge < -0.3 is 14.2 Å². The van der Waals surface area contributed by atoms with Crippen molar-refractivity contribution in [1.82, 2.24) is 9.78 Å². The molecule has 0 bridgehead atoms. The third-order valence-corrected chi connectivity index (χ3v) is 6.08. The summed E-state index contributed by atoms with van der Waals surface area (Å²) in [6.45, 7) is 2.47. The highest BCUT2D eigenvalue weighted by atomic mass is 32.1. The SMILES string of the molecule is CCc1sc(Oc2ccc3c(c2)OCO3)c2c1CCc1cnn(C)c1-2. The van der Waals surface area contributed by atoms with Crippen molar-refractivity contribution in [3.8, 4) is 33.6 Å². The van der Waals surface area contributed by atoms with Crippen LogP contribution in [0, 0.1) is 0 Å². The van der Waals surface area contributed by atoms with Gasteiger partial charge in [-0.1, -0.05) is 6.92 Å². The van der Waals surface area contributed by atoms with Crippen molar-refractivity contribution in [3.05, 3.63) is 40.4 Å². The Kier molecular flexibility index (Phi) is 3.28. The number of nitrogens with zero attached hydrogens (tertiary/aromatic N) is 2. The summed E-state index contributed by atoms with van der Waals surface area (Å²) in [6, 6.07) is 5.72. The van der Waals surface area contributed by atoms with E-state index in [-0.39, 0.29) is 6.79 Å². The Labute approximate surface area is 149 Å². The zero-order valence-electron chi connectivity index (χ0n) is 14.2. The van der Waals surface area contributed by atoms with Crippen molar-refractivity contribution in [3.63, 3.8) is 0 Å². The smallest absolute Gasteiger partial charge is 0.231 e. The van der Waals surface area contributed by atoms with Crippen LogP contribution in [-0.2, 0) is 26.3 Å². The summed E-state index contributed by atoms with van der Waals surface area (Å²) in [5.74, 6) is 2.27. The van der Waals surface area contributed by atoms with E-state index in [1.54, 1.807) is 11.3 Å². The van der Waals surface area contributed by atoms with E-state index in [9.17, 15) is 0 Å². The molecule has 0 atom stereocenters. The predicted molar refractivity (Wildman–Crippen MR) is 95.9 cm³/mol. The van der Waals surface area contributed by atoms with Gasteiger partial charge in [-0.3, -0.25) is 4.68 Å². The van der Waals surface area contributed by atoms with Gasteiger partial charge in [-0.15, -0.1) is 11.3 Å². The Balaban J connectivity index is 1.61. The molecule has 0 radical (unpaired) electrons. The van der Waals surface area contributed by atoms with Gasteiger partial charge in [0.05, 0.1) is 17.5 Å². The molecule has 2 aliphatic rings. The van der Waals surface area contributed by atoms with Gasteiger partial charge in [0, 0.05) is 18.0 Å². The number of aryl methyl sites for hydroxylation is 3. The van der Waals surface area contributed by atoms with E-state index < -0.39 is 0 Å². The summed E-state index contributed by atoms with van der Waals surface area (Å²) >= 11 is 1.74. The molecule has 3 aromatic rings. The lowest BCUT2D eigenvalue weighted by Gasteiger charge is -2.16. The Morgan fingerprint density at radius 2 is 2.12 bits per heavy atom. The van der Waals surface area contributed by atoms with E-state index in [1.807, 2.05) is 36.1 Å². The van der Waals surface area contributed by atoms with E-state index in [1.165, 1.54) is 27.3 Å². The van der Waals surface area contributed by atoms with E-state index in [0.717, 1.165) is 41.6 Å². The number of ether oxygens (including phenoxy) is 3. The highest BCUT2D eigenvalue weighted by molar-refractivity contribution is 7.14. The molecule has 1 aliphatic heterocycles. The quantitative estimate of drug-likeness (QED) is 0.702. The zero-order valence-corrected chi connectivity index (χ0v) is 15.0. The maximum Gasteiger partial charge on any atom is 0.231 e. The molecular weight excluding hydrogens is 336 g/mol. The molecule has 0 spiro atoms. The molecule has 25 heavy (non-hydrogen) atoms. The standard InChI is InChI=1S/C19H18N2O3S/c1-3-16-13-6-4-11-9-20-21(2)18(11)17(13)19(25-16)24-12-5-7-14-15(8-12)23-10-22-14/h5,7-9H,3-4,6,10H2,1-2H3. The Bertz CT molecular complexity index is 973. The fourth-order valence-corrected chi connectivity index (χ4v) is 4.80. The fraction of sp³-hybridized carbons (Fsp3) is 0.316. The molecule has 0 saturated heterocycles. The molecule has 0 amide bonds. The first-order valence-corrected chi connectivity index (χ1v) is 9.29. The number of aromatic nitrogens is 2. The van der Waals surface area contributed by atoms with E-state index in [4.69, 9.17) is 14.2 Å². The van der Waals surface area contributed by atoms with Crippen molar-refractivity contribution in [2.75, 3.05) is 6.79 Å². The molecule has 0 fully saturated rings. The lowest BCUT2D eigenvalue weighted by Crippen LogP contribution is -2.06. The summed E-state index contributed by atoms with van der Waals surface area (Å²) in [7, 11) is 2.00. The molecule has 1 aliphatic carbocycles. The van der Waals surface area contributed by atoms with E-state index in [0.29, 0.717) is 0 Å². The molecule has 0 saturated carbocycles. The molecule has 5 rings (SSSR count). The van der Waals surface area contributed by atoms with Crippen molar-refractivity contribution in [1.29, 1.82) is 0 Å². The number of rotatable bonds is 3. The lowest BCUT2D eigenvalue weighted by atomic mass is 9.91. The van der Waals surface area contributed by atoms with Crippen LogP contribution >= 0.6 is 11.3 Å². The van der Waals surface area contributed by atoms with Crippen LogP contribution in [0.3, 0.4) is 0 Å². The molecule has 5 nitrogen and oxygen atoms in total. The van der Waals surface area contributed by atoms with Gasteiger partial charge in [0.2, 0.25) is 6.79 Å². The van der Waals surface area contributed by atoms with Crippen LogP contribution in [0.2, 0.25) is 0 Å². The van der Waals surface area contributed by atoms with Crippen LogP contribution in [0.5, 0.6) is 22.3 Å². The van der Waals surface area contributed by atoms with Crippen LogP contribution in [0.4, 0.5) is 0 Å². The van der Waals surface area contributed by atoms with Crippen LogP contribution in [-0.4, -0.2) is 16.6 Å². The van der Waals surface area contributed by atoms with Gasteiger partial charge in [0.1, 0.15) is 5.75 Å². The molecular formula is C19H18N2O3S. The molecule has 0 N–H and O–H groups in total. The monoisotopic (exact) mass is 354 g/mol. The minimum atomic E-state index is 0.269. The van der Waals surface area contributed by atoms with Gasteiger partial charge >= 0.3 is 0 Å². The Morgan fingerprint density at radius 3 is 3.00 bits per heavy atom. The molecule has 6 heteroatoms. The number of hydrogen-bond donors (Lipinski definition) is 0. The van der Waals surface area contributed by atoms with Crippen LogP contribution < -0.4 is 14.2 Å². The highest BCUT2D eigenvalue weighted by Crippen LogP contribution is 2.49. The average molecular weight is 354 g/mol. The Morgan fingerprint density at radius 1 is 1.24 bits per heavy atom. The van der Waals surface area contributed by atoms with Crippen LogP contribution in [0.15, 0.2) is 24.4 Å². The van der Waals surface area contributed by atoms with Crippen molar-refractivity contribution in [2.45, 2.75) is 26.2 Å². The second-order valence-electron chi connectivity index (χ2n) is 6.28. The molecule has 128 valence electrons. The average Bonchev–Trinajstić information content (AvgIpc) is 3.32. The Hall–Kier alpha value is -2.47. The number of hydrogen-bond acceptors (Lipinski definition) is 5. The lowest BCUT2D eigenvalue weighted by molar-refractivity contribution is 0.174. The molecule has 3 heterocycles. The fourth-order valence-electron chi connectivity index (χ4n) is 3.64. The minimum Gasteiger partial charge on any atom is -0.454 e. The third kappa shape index (κ3) is 2.24. The topological polar surface area (TPSA) is 45.5 Å². The van der Waals surface area contributed by atoms with Crippen molar-refractivity contribution in [2.24, 2.45) is 7.05 Å². The van der Waals surface area contributed by atoms with Crippen LogP contribution in [0.1, 0.15) is 22.9 Å². The van der Waals surface area contributed by atoms with Crippen LogP contribution in [0.25, 0.3) is 11.3 Å². The van der Waals surface area contributed by atoms with Crippen molar-refractivity contribution >= 4 is 11.3 Å². The first-order valence-electron chi connectivity index (χ1n) is 8.48. The van der Waals surface area contributed by atoms with Gasteiger partial charge in [-0.2, -0.15) is 5.10 Å². The summed E-state index contributed by atoms with van der Waals surface area (Å²) in [5.41, 5.74) is 5.11. The maximum absolute atomic E-state index is 6.31. The van der Waals surface area contributed by atoms with E-state index in [2.05, 4.69) is 12.0 Å². The van der Waals surface area contributed by atoms with Gasteiger partial charge in [-0.25, -0.2) is 0 Å². The zero-order chi connectivity index (χ0) is 17.0. The van der Waals surface area contributed by atoms with Gasteiger partial charge in [0.15, 0.2) is 16.6 Å². The molecule has 2 aromatic heterocycles. The molecule has 1 aromatic carbocycles. The summed E-state index contributed by atoms with van der Waals surface area (Å²) < 4.78 is 19.1. The summed E-state index contributed by atoms with van der Waals surface area (Å²) in [5, 5.41) is 5.40. The summed E-state index contributed by atoms with van der Waals surface area (Å²) in [4.78, 5) is 1.40. The van der Waals surface area contributed by atoms with E-state index >= 15 is 0 Å². The summed E-state index contributed by atoms with van der Waals surface area (Å²) in [6.07, 6.45) is 5.10. The minimum absolute atomic E-state index is 0.269. The largest absolute Gasteiger partial charge is 0.454 e. The number of fused-ring (bicyclic) bond motifs is 4. The number of thiophene rings is 1. The maximum atomic E-state index is 6.31. The number of benzene rings is 1. The molecule has 0 unspecified atom stereocenters. The first-order chi connectivity index (χ1) is 12.2.